The molecule has 1 amide bonds. The lowest BCUT2D eigenvalue weighted by atomic mass is 10.0. The van der Waals surface area contributed by atoms with E-state index in [1.54, 1.807) is 60.0 Å². The molecule has 1 aromatic carbocycles. The number of para-hydroxylation sites is 1. The molecule has 1 N–H and O–H groups in total. The van der Waals surface area contributed by atoms with Gasteiger partial charge in [-0.1, -0.05) is 12.1 Å². The topological polar surface area (TPSA) is 83.9 Å². The molecule has 5 rings (SSSR count). The van der Waals surface area contributed by atoms with Crippen molar-refractivity contribution < 1.29 is 9.18 Å². The van der Waals surface area contributed by atoms with Gasteiger partial charge in [-0.3, -0.25) is 14.8 Å². The fourth-order valence-electron chi connectivity index (χ4n) is 3.68. The van der Waals surface area contributed by atoms with Crippen molar-refractivity contribution in [2.24, 2.45) is 0 Å². The van der Waals surface area contributed by atoms with E-state index in [0.29, 0.717) is 42.4 Å². The zero-order valence-corrected chi connectivity index (χ0v) is 17.1. The van der Waals surface area contributed by atoms with Crippen LogP contribution in [0, 0.1) is 5.82 Å². The number of carbonyl (C=O) groups is 1. The maximum atomic E-state index is 14.4. The number of benzene rings is 1. The molecule has 0 atom stereocenters. The minimum atomic E-state index is -0.385. The fourth-order valence-corrected chi connectivity index (χ4v) is 3.68. The second-order valence-corrected chi connectivity index (χ2v) is 7.38. The second-order valence-electron chi connectivity index (χ2n) is 7.38. The number of anilines is 2. The summed E-state index contributed by atoms with van der Waals surface area (Å²) in [6.07, 6.45) is 7.10. The maximum Gasteiger partial charge on any atom is 0.255 e. The Morgan fingerprint density at radius 1 is 0.969 bits per heavy atom. The molecule has 8 heteroatoms. The van der Waals surface area contributed by atoms with Gasteiger partial charge < -0.3 is 10.2 Å². The third kappa shape index (κ3) is 3.90. The standard InChI is InChI=1S/C24H19FN6O/c25-19-5-1-2-6-21(19)29-23-18-15-31(24(32)17-4-3-10-27-14-17)13-9-20(18)28-22(30-23)16-7-11-26-12-8-16/h1-8,10-12,14H,9,13,15H2,(H,28,29,30). The van der Waals surface area contributed by atoms with E-state index in [4.69, 9.17) is 9.97 Å². The number of pyridine rings is 2. The monoisotopic (exact) mass is 426 g/mol. The Balaban J connectivity index is 1.55. The summed E-state index contributed by atoms with van der Waals surface area (Å²) in [4.78, 5) is 32.3. The molecule has 0 fully saturated rings. The van der Waals surface area contributed by atoms with Gasteiger partial charge in [-0.2, -0.15) is 0 Å². The van der Waals surface area contributed by atoms with Crippen molar-refractivity contribution in [2.75, 3.05) is 11.9 Å². The first kappa shape index (κ1) is 19.7. The largest absolute Gasteiger partial charge is 0.337 e. The number of carbonyl (C=O) groups excluding carboxylic acids is 1. The molecule has 158 valence electrons. The highest BCUT2D eigenvalue weighted by atomic mass is 19.1. The second kappa shape index (κ2) is 8.50. The number of amides is 1. The minimum absolute atomic E-state index is 0.112. The van der Waals surface area contributed by atoms with Crippen LogP contribution in [0.5, 0.6) is 0 Å². The summed E-state index contributed by atoms with van der Waals surface area (Å²) >= 11 is 0. The molecule has 4 heterocycles. The van der Waals surface area contributed by atoms with Crippen LogP contribution in [0.2, 0.25) is 0 Å². The molecule has 32 heavy (non-hydrogen) atoms. The number of hydrogen-bond donors (Lipinski definition) is 1. The van der Waals surface area contributed by atoms with E-state index in [2.05, 4.69) is 15.3 Å². The predicted octanol–water partition coefficient (Wildman–Crippen LogP) is 4.01. The average molecular weight is 426 g/mol. The molecule has 1 aliphatic heterocycles. The van der Waals surface area contributed by atoms with Gasteiger partial charge in [0.25, 0.3) is 5.91 Å². The zero-order chi connectivity index (χ0) is 21.9. The molecule has 0 bridgehead atoms. The van der Waals surface area contributed by atoms with Crippen LogP contribution in [0.1, 0.15) is 21.6 Å². The summed E-state index contributed by atoms with van der Waals surface area (Å²) in [6, 6.07) is 13.6. The number of aromatic nitrogens is 4. The van der Waals surface area contributed by atoms with Crippen LogP contribution in [-0.2, 0) is 13.0 Å². The van der Waals surface area contributed by atoms with Gasteiger partial charge in [0.1, 0.15) is 11.6 Å². The van der Waals surface area contributed by atoms with E-state index in [1.165, 1.54) is 6.07 Å². The van der Waals surface area contributed by atoms with Gasteiger partial charge in [-0.05, 0) is 36.4 Å². The lowest BCUT2D eigenvalue weighted by Gasteiger charge is -2.30. The van der Waals surface area contributed by atoms with E-state index < -0.39 is 0 Å². The highest BCUT2D eigenvalue weighted by molar-refractivity contribution is 5.94. The van der Waals surface area contributed by atoms with Crippen LogP contribution in [-0.4, -0.2) is 37.3 Å². The number of nitrogens with one attached hydrogen (secondary N) is 1. The lowest BCUT2D eigenvalue weighted by molar-refractivity contribution is 0.0733. The Kier molecular flexibility index (Phi) is 5.25. The highest BCUT2D eigenvalue weighted by Crippen LogP contribution is 2.30. The zero-order valence-electron chi connectivity index (χ0n) is 17.1. The van der Waals surface area contributed by atoms with E-state index in [1.807, 2.05) is 12.1 Å². The third-order valence-corrected chi connectivity index (χ3v) is 5.32. The van der Waals surface area contributed by atoms with E-state index in [0.717, 1.165) is 16.8 Å². The van der Waals surface area contributed by atoms with E-state index in [-0.39, 0.29) is 11.7 Å². The van der Waals surface area contributed by atoms with Crippen molar-refractivity contribution in [1.82, 2.24) is 24.8 Å². The van der Waals surface area contributed by atoms with E-state index >= 15 is 0 Å². The highest BCUT2D eigenvalue weighted by Gasteiger charge is 2.27. The lowest BCUT2D eigenvalue weighted by Crippen LogP contribution is -2.37. The molecule has 0 saturated carbocycles. The van der Waals surface area contributed by atoms with Gasteiger partial charge in [0.15, 0.2) is 5.82 Å². The molecule has 0 radical (unpaired) electrons. The van der Waals surface area contributed by atoms with Crippen molar-refractivity contribution in [3.05, 3.63) is 96.0 Å². The summed E-state index contributed by atoms with van der Waals surface area (Å²) < 4.78 is 14.4. The average Bonchev–Trinajstić information content (AvgIpc) is 2.85. The Hall–Kier alpha value is -4.20. The van der Waals surface area contributed by atoms with Crippen LogP contribution in [0.25, 0.3) is 11.4 Å². The molecule has 0 unspecified atom stereocenters. The number of nitrogens with zero attached hydrogens (tertiary/aromatic N) is 5. The summed E-state index contributed by atoms with van der Waals surface area (Å²) in [6.45, 7) is 0.836. The molecule has 1 aliphatic rings. The molecule has 0 saturated heterocycles. The SMILES string of the molecule is O=C(c1cccnc1)N1CCc2nc(-c3ccncc3)nc(Nc3ccccc3F)c2C1. The fraction of sp³-hybridized carbons (Fsp3) is 0.125. The molecule has 7 nitrogen and oxygen atoms in total. The number of halogens is 1. The van der Waals surface area contributed by atoms with Crippen molar-refractivity contribution in [1.29, 1.82) is 0 Å². The number of fused-ring (bicyclic) bond motifs is 1. The van der Waals surface area contributed by atoms with Crippen LogP contribution in [0.15, 0.2) is 73.3 Å². The summed E-state index contributed by atoms with van der Waals surface area (Å²) in [5, 5.41) is 3.12. The third-order valence-electron chi connectivity index (χ3n) is 5.32. The first-order chi connectivity index (χ1) is 15.7. The molecule has 3 aromatic heterocycles. The van der Waals surface area contributed by atoms with Gasteiger partial charge in [0.05, 0.1) is 23.5 Å². The smallest absolute Gasteiger partial charge is 0.255 e. The van der Waals surface area contributed by atoms with Crippen LogP contribution >= 0.6 is 0 Å². The molecule has 0 aliphatic carbocycles. The molecular weight excluding hydrogens is 407 g/mol. The van der Waals surface area contributed by atoms with Gasteiger partial charge in [-0.25, -0.2) is 14.4 Å². The molecule has 4 aromatic rings. The molecular formula is C24H19FN6O. The normalized spacial score (nSPS) is 12.8. The van der Waals surface area contributed by atoms with Crippen LogP contribution < -0.4 is 5.32 Å². The van der Waals surface area contributed by atoms with Crippen LogP contribution in [0.4, 0.5) is 15.9 Å². The number of rotatable bonds is 4. The quantitative estimate of drug-likeness (QED) is 0.531. The molecule has 0 spiro atoms. The number of hydrogen-bond acceptors (Lipinski definition) is 6. The Morgan fingerprint density at radius 2 is 1.81 bits per heavy atom. The summed E-state index contributed by atoms with van der Waals surface area (Å²) in [5.41, 5.74) is 3.25. The van der Waals surface area contributed by atoms with Crippen molar-refractivity contribution in [2.45, 2.75) is 13.0 Å². The first-order valence-electron chi connectivity index (χ1n) is 10.2. The summed E-state index contributed by atoms with van der Waals surface area (Å²) in [5.74, 6) is 0.510. The predicted molar refractivity (Wildman–Crippen MR) is 118 cm³/mol. The minimum Gasteiger partial charge on any atom is -0.337 e. The van der Waals surface area contributed by atoms with Crippen LogP contribution in [0.3, 0.4) is 0 Å². The van der Waals surface area contributed by atoms with E-state index in [9.17, 15) is 9.18 Å². The van der Waals surface area contributed by atoms with Crippen molar-refractivity contribution in [3.63, 3.8) is 0 Å². The van der Waals surface area contributed by atoms with Crippen molar-refractivity contribution in [3.8, 4) is 11.4 Å². The Morgan fingerprint density at radius 3 is 2.59 bits per heavy atom. The van der Waals surface area contributed by atoms with Gasteiger partial charge in [0, 0.05) is 48.9 Å². The van der Waals surface area contributed by atoms with Gasteiger partial charge in [-0.15, -0.1) is 0 Å². The maximum absolute atomic E-state index is 14.4. The summed E-state index contributed by atoms with van der Waals surface area (Å²) in [7, 11) is 0. The first-order valence-corrected chi connectivity index (χ1v) is 10.2. The van der Waals surface area contributed by atoms with Gasteiger partial charge >= 0.3 is 0 Å². The Bertz CT molecular complexity index is 1270. The van der Waals surface area contributed by atoms with Crippen molar-refractivity contribution >= 4 is 17.4 Å². The Labute approximate surface area is 184 Å². The van der Waals surface area contributed by atoms with Gasteiger partial charge in [0.2, 0.25) is 0 Å².